The second-order valence-corrected chi connectivity index (χ2v) is 4.79. The maximum absolute atomic E-state index is 9.30. The molecule has 0 radical (unpaired) electrons. The van der Waals surface area contributed by atoms with E-state index in [0.717, 1.165) is 15.7 Å². The second kappa shape index (κ2) is 4.00. The molecule has 0 saturated carbocycles. The number of halogens is 1. The molecular weight excluding hydrogens is 294 g/mol. The molecule has 88 valence electrons. The Bertz CT molecular complexity index is 766. The Morgan fingerprint density at radius 2 is 2.33 bits per heavy atom. The van der Waals surface area contributed by atoms with Crippen molar-refractivity contribution in [2.24, 2.45) is 0 Å². The van der Waals surface area contributed by atoms with Crippen molar-refractivity contribution >= 4 is 21.6 Å². The fourth-order valence-corrected chi connectivity index (χ4v) is 2.17. The summed E-state index contributed by atoms with van der Waals surface area (Å²) in [7, 11) is 0. The van der Waals surface area contributed by atoms with Crippen LogP contribution in [-0.4, -0.2) is 9.38 Å². The molecule has 0 aliphatic rings. The molecule has 3 rings (SSSR count). The summed E-state index contributed by atoms with van der Waals surface area (Å²) in [6, 6.07) is 7.68. The van der Waals surface area contributed by atoms with E-state index in [0.29, 0.717) is 17.1 Å². The van der Waals surface area contributed by atoms with Crippen molar-refractivity contribution < 1.29 is 4.42 Å². The summed E-state index contributed by atoms with van der Waals surface area (Å²) < 4.78 is 8.01. The minimum Gasteiger partial charge on any atom is -0.463 e. The molecule has 0 aromatic carbocycles. The Morgan fingerprint density at radius 1 is 1.50 bits per heavy atom. The van der Waals surface area contributed by atoms with E-state index in [2.05, 4.69) is 27.0 Å². The number of pyridine rings is 1. The molecule has 4 nitrogen and oxygen atoms in total. The number of nitriles is 1. The molecule has 0 N–H and O–H groups in total. The molecule has 0 amide bonds. The number of hydrogen-bond acceptors (Lipinski definition) is 3. The predicted octanol–water partition coefficient (Wildman–Crippen LogP) is 3.54. The quantitative estimate of drug-likeness (QED) is 0.691. The third-order valence-electron chi connectivity index (χ3n) is 2.76. The minimum absolute atomic E-state index is 0.473. The highest BCUT2D eigenvalue weighted by Gasteiger charge is 2.16. The van der Waals surface area contributed by atoms with E-state index >= 15 is 0 Å². The predicted molar refractivity (Wildman–Crippen MR) is 70.0 cm³/mol. The van der Waals surface area contributed by atoms with Gasteiger partial charge in [0.05, 0.1) is 6.26 Å². The van der Waals surface area contributed by atoms with Crippen LogP contribution in [0.4, 0.5) is 0 Å². The Kier molecular flexibility index (Phi) is 2.46. The summed E-state index contributed by atoms with van der Waals surface area (Å²) in [6.45, 7) is 1.98. The Balaban J connectivity index is 2.38. The van der Waals surface area contributed by atoms with Gasteiger partial charge in [-0.25, -0.2) is 4.98 Å². The molecule has 0 aliphatic carbocycles. The lowest BCUT2D eigenvalue weighted by Gasteiger charge is -1.99. The number of imidazole rings is 1. The van der Waals surface area contributed by atoms with E-state index in [-0.39, 0.29) is 0 Å². The van der Waals surface area contributed by atoms with Gasteiger partial charge >= 0.3 is 0 Å². The summed E-state index contributed by atoms with van der Waals surface area (Å²) in [6.07, 6.45) is 3.42. The molecule has 0 bridgehead atoms. The van der Waals surface area contributed by atoms with Crippen LogP contribution in [0, 0.1) is 18.3 Å². The zero-order chi connectivity index (χ0) is 12.7. The number of fused-ring (bicyclic) bond motifs is 1. The van der Waals surface area contributed by atoms with Gasteiger partial charge < -0.3 is 4.42 Å². The van der Waals surface area contributed by atoms with Gasteiger partial charge in [-0.1, -0.05) is 0 Å². The topological polar surface area (TPSA) is 54.2 Å². The van der Waals surface area contributed by atoms with Crippen molar-refractivity contribution in [2.75, 3.05) is 0 Å². The third kappa shape index (κ3) is 1.54. The van der Waals surface area contributed by atoms with Gasteiger partial charge in [0, 0.05) is 10.7 Å². The Morgan fingerprint density at radius 3 is 3.00 bits per heavy atom. The van der Waals surface area contributed by atoms with Crippen LogP contribution in [0.2, 0.25) is 0 Å². The van der Waals surface area contributed by atoms with Gasteiger partial charge in [0.15, 0.2) is 11.5 Å². The van der Waals surface area contributed by atoms with Crippen LogP contribution >= 0.6 is 15.9 Å². The second-order valence-electron chi connectivity index (χ2n) is 3.93. The van der Waals surface area contributed by atoms with E-state index < -0.39 is 0 Å². The van der Waals surface area contributed by atoms with Gasteiger partial charge in [-0.2, -0.15) is 5.26 Å². The van der Waals surface area contributed by atoms with Gasteiger partial charge in [0.2, 0.25) is 0 Å². The summed E-state index contributed by atoms with van der Waals surface area (Å²) in [4.78, 5) is 4.45. The standard InChI is InChI=1S/C13H8BrN3O/c1-8-5-12-16-13(11-3-2-4-18-11)10(6-15)17(12)7-9(8)14/h2-5,7H,1H3. The van der Waals surface area contributed by atoms with Crippen molar-refractivity contribution in [3.8, 4) is 17.5 Å². The van der Waals surface area contributed by atoms with E-state index in [4.69, 9.17) is 4.42 Å². The summed E-state index contributed by atoms with van der Waals surface area (Å²) >= 11 is 3.46. The van der Waals surface area contributed by atoms with Crippen LogP contribution in [0.25, 0.3) is 17.1 Å². The fourth-order valence-electron chi connectivity index (χ4n) is 1.85. The monoisotopic (exact) mass is 301 g/mol. The van der Waals surface area contributed by atoms with Crippen LogP contribution in [0.1, 0.15) is 11.3 Å². The summed E-state index contributed by atoms with van der Waals surface area (Å²) in [5, 5.41) is 9.30. The van der Waals surface area contributed by atoms with Gasteiger partial charge in [0.25, 0.3) is 0 Å². The van der Waals surface area contributed by atoms with Crippen LogP contribution in [-0.2, 0) is 0 Å². The van der Waals surface area contributed by atoms with Crippen molar-refractivity contribution in [3.63, 3.8) is 0 Å². The number of hydrogen-bond donors (Lipinski definition) is 0. The molecule has 0 saturated heterocycles. The summed E-state index contributed by atoms with van der Waals surface area (Å²) in [5.41, 5.74) is 2.85. The largest absolute Gasteiger partial charge is 0.463 e. The molecule has 5 heteroatoms. The Labute approximate surface area is 112 Å². The molecule has 3 heterocycles. The lowest BCUT2D eigenvalue weighted by molar-refractivity contribution is 0.580. The van der Waals surface area contributed by atoms with E-state index in [1.807, 2.05) is 19.2 Å². The van der Waals surface area contributed by atoms with Gasteiger partial charge in [-0.05, 0) is 46.6 Å². The molecule has 3 aromatic rings. The number of nitrogens with zero attached hydrogens (tertiary/aromatic N) is 3. The molecule has 0 aliphatic heterocycles. The highest BCUT2D eigenvalue weighted by molar-refractivity contribution is 9.10. The zero-order valence-corrected chi connectivity index (χ0v) is 11.1. The molecular formula is C13H8BrN3O. The maximum Gasteiger partial charge on any atom is 0.155 e. The average Bonchev–Trinajstić information content (AvgIpc) is 2.96. The van der Waals surface area contributed by atoms with E-state index in [1.165, 1.54) is 0 Å². The molecule has 0 spiro atoms. The Hall–Kier alpha value is -2.06. The number of furan rings is 1. The SMILES string of the molecule is Cc1cc2nc(-c3ccco3)c(C#N)n2cc1Br. The first-order valence-corrected chi connectivity index (χ1v) is 6.12. The van der Waals surface area contributed by atoms with Gasteiger partial charge in [-0.15, -0.1) is 0 Å². The fraction of sp³-hybridized carbons (Fsp3) is 0.0769. The van der Waals surface area contributed by atoms with Crippen LogP contribution in [0.3, 0.4) is 0 Å². The first kappa shape index (κ1) is 11.1. The average molecular weight is 302 g/mol. The lowest BCUT2D eigenvalue weighted by atomic mass is 10.3. The zero-order valence-electron chi connectivity index (χ0n) is 9.51. The molecule has 18 heavy (non-hydrogen) atoms. The normalized spacial score (nSPS) is 10.7. The van der Waals surface area contributed by atoms with Gasteiger partial charge in [0.1, 0.15) is 17.4 Å². The van der Waals surface area contributed by atoms with Gasteiger partial charge in [-0.3, -0.25) is 4.40 Å². The smallest absolute Gasteiger partial charge is 0.155 e. The molecule has 0 atom stereocenters. The number of aromatic nitrogens is 2. The third-order valence-corrected chi connectivity index (χ3v) is 3.59. The minimum atomic E-state index is 0.473. The van der Waals surface area contributed by atoms with E-state index in [9.17, 15) is 5.26 Å². The summed E-state index contributed by atoms with van der Waals surface area (Å²) in [5.74, 6) is 0.601. The van der Waals surface area contributed by atoms with Crippen molar-refractivity contribution in [1.29, 1.82) is 5.26 Å². The number of aryl methyl sites for hydroxylation is 1. The first-order valence-electron chi connectivity index (χ1n) is 5.33. The highest BCUT2D eigenvalue weighted by Crippen LogP contribution is 2.26. The van der Waals surface area contributed by atoms with Crippen LogP contribution in [0.5, 0.6) is 0 Å². The van der Waals surface area contributed by atoms with Crippen molar-refractivity contribution in [1.82, 2.24) is 9.38 Å². The molecule has 3 aromatic heterocycles. The van der Waals surface area contributed by atoms with Crippen molar-refractivity contribution in [2.45, 2.75) is 6.92 Å². The molecule has 0 fully saturated rings. The van der Waals surface area contributed by atoms with Crippen molar-refractivity contribution in [3.05, 3.63) is 46.4 Å². The maximum atomic E-state index is 9.30. The molecule has 0 unspecified atom stereocenters. The highest BCUT2D eigenvalue weighted by atomic mass is 79.9. The van der Waals surface area contributed by atoms with E-state index in [1.54, 1.807) is 22.8 Å². The first-order chi connectivity index (χ1) is 8.70. The number of rotatable bonds is 1. The van der Waals surface area contributed by atoms with Crippen LogP contribution < -0.4 is 0 Å². The van der Waals surface area contributed by atoms with Crippen LogP contribution in [0.15, 0.2) is 39.5 Å². The lowest BCUT2D eigenvalue weighted by Crippen LogP contribution is -1.90.